The fourth-order valence-electron chi connectivity index (χ4n) is 0.718. The van der Waals surface area contributed by atoms with E-state index >= 15 is 0 Å². The maximum absolute atomic E-state index is 5.50. The molecule has 1 heterocycles. The van der Waals surface area contributed by atoms with Crippen molar-refractivity contribution in [2.24, 2.45) is 5.73 Å². The lowest BCUT2D eigenvalue weighted by Gasteiger charge is -2.02. The summed E-state index contributed by atoms with van der Waals surface area (Å²) >= 11 is 5.12. The minimum atomic E-state index is 0.488. The van der Waals surface area contributed by atoms with E-state index in [1.54, 1.807) is 11.3 Å². The average Bonchev–Trinajstić information content (AvgIpc) is 2.34. The highest BCUT2D eigenvalue weighted by atomic mass is 79.9. The summed E-state index contributed by atoms with van der Waals surface area (Å²) < 4.78 is 1.18. The molecule has 0 aromatic carbocycles. The van der Waals surface area contributed by atoms with Gasteiger partial charge in [-0.25, -0.2) is 0 Å². The first-order valence-electron chi connectivity index (χ1n) is 3.18. The molecule has 0 fully saturated rings. The number of halogens is 1. The molecular formula is C7H10BrNS. The lowest BCUT2D eigenvalue weighted by Crippen LogP contribution is -2.07. The minimum absolute atomic E-state index is 0.488. The van der Waals surface area contributed by atoms with Crippen LogP contribution >= 0.6 is 27.3 Å². The molecule has 0 saturated heterocycles. The summed E-state index contributed by atoms with van der Waals surface area (Å²) in [5.74, 6) is 0.488. The standard InChI is InChI=1S/C7H10BrNS/c1-5(3-9)6-2-7(8)10-4-6/h2,4-5H,3,9H2,1H3. The average molecular weight is 220 g/mol. The highest BCUT2D eigenvalue weighted by Crippen LogP contribution is 2.25. The smallest absolute Gasteiger partial charge is 0.0701 e. The monoisotopic (exact) mass is 219 g/mol. The number of nitrogens with two attached hydrogens (primary N) is 1. The molecule has 1 atom stereocenters. The van der Waals surface area contributed by atoms with Crippen molar-refractivity contribution >= 4 is 27.3 Å². The summed E-state index contributed by atoms with van der Waals surface area (Å²) in [7, 11) is 0. The van der Waals surface area contributed by atoms with Gasteiger partial charge in [-0.1, -0.05) is 6.92 Å². The fourth-order valence-corrected chi connectivity index (χ4v) is 2.02. The van der Waals surface area contributed by atoms with Crippen molar-refractivity contribution < 1.29 is 0 Å². The second-order valence-electron chi connectivity index (χ2n) is 2.32. The Kier molecular flexibility index (Phi) is 2.89. The Bertz CT molecular complexity index is 209. The van der Waals surface area contributed by atoms with Gasteiger partial charge in [0.15, 0.2) is 0 Å². The molecule has 0 radical (unpaired) electrons. The summed E-state index contributed by atoms with van der Waals surface area (Å²) in [5.41, 5.74) is 6.84. The topological polar surface area (TPSA) is 26.0 Å². The van der Waals surface area contributed by atoms with E-state index in [-0.39, 0.29) is 0 Å². The first-order chi connectivity index (χ1) is 4.74. The van der Waals surface area contributed by atoms with Gasteiger partial charge < -0.3 is 5.73 Å². The van der Waals surface area contributed by atoms with E-state index in [4.69, 9.17) is 5.73 Å². The molecular weight excluding hydrogens is 210 g/mol. The van der Waals surface area contributed by atoms with E-state index in [0.29, 0.717) is 5.92 Å². The van der Waals surface area contributed by atoms with Crippen molar-refractivity contribution in [1.29, 1.82) is 0 Å². The van der Waals surface area contributed by atoms with Gasteiger partial charge in [0.1, 0.15) is 0 Å². The van der Waals surface area contributed by atoms with Gasteiger partial charge in [0, 0.05) is 0 Å². The summed E-state index contributed by atoms with van der Waals surface area (Å²) in [5, 5.41) is 2.14. The van der Waals surface area contributed by atoms with E-state index in [1.165, 1.54) is 9.35 Å². The van der Waals surface area contributed by atoms with Crippen LogP contribution in [0.3, 0.4) is 0 Å². The third kappa shape index (κ3) is 1.81. The number of thiophene rings is 1. The molecule has 0 bridgehead atoms. The fraction of sp³-hybridized carbons (Fsp3) is 0.429. The highest BCUT2D eigenvalue weighted by molar-refractivity contribution is 9.11. The van der Waals surface area contributed by atoms with Crippen LogP contribution in [0.5, 0.6) is 0 Å². The van der Waals surface area contributed by atoms with Gasteiger partial charge in [-0.3, -0.25) is 0 Å². The van der Waals surface area contributed by atoms with Gasteiger partial charge in [-0.2, -0.15) is 0 Å². The first-order valence-corrected chi connectivity index (χ1v) is 4.85. The van der Waals surface area contributed by atoms with Gasteiger partial charge in [0.05, 0.1) is 3.79 Å². The van der Waals surface area contributed by atoms with Gasteiger partial charge in [0.25, 0.3) is 0 Å². The van der Waals surface area contributed by atoms with Crippen LogP contribution < -0.4 is 5.73 Å². The number of hydrogen-bond donors (Lipinski definition) is 1. The Balaban J connectivity index is 2.74. The maximum Gasteiger partial charge on any atom is 0.0701 e. The maximum atomic E-state index is 5.50. The van der Waals surface area contributed by atoms with E-state index in [1.807, 2.05) is 0 Å². The molecule has 56 valence electrons. The Labute approximate surface area is 73.4 Å². The molecule has 0 spiro atoms. The van der Waals surface area contributed by atoms with Crippen molar-refractivity contribution in [2.45, 2.75) is 12.8 Å². The van der Waals surface area contributed by atoms with Crippen LogP contribution in [0.25, 0.3) is 0 Å². The minimum Gasteiger partial charge on any atom is -0.330 e. The summed E-state index contributed by atoms with van der Waals surface area (Å²) in [4.78, 5) is 0. The summed E-state index contributed by atoms with van der Waals surface area (Å²) in [6, 6.07) is 2.13. The zero-order valence-corrected chi connectivity index (χ0v) is 8.21. The second-order valence-corrected chi connectivity index (χ2v) is 4.61. The number of rotatable bonds is 2. The molecule has 1 rings (SSSR count). The molecule has 1 unspecified atom stereocenters. The lowest BCUT2D eigenvalue weighted by molar-refractivity contribution is 0.777. The number of hydrogen-bond acceptors (Lipinski definition) is 2. The molecule has 0 aliphatic rings. The van der Waals surface area contributed by atoms with Crippen molar-refractivity contribution in [1.82, 2.24) is 0 Å². The van der Waals surface area contributed by atoms with Crippen molar-refractivity contribution in [3.63, 3.8) is 0 Å². The summed E-state index contributed by atoms with van der Waals surface area (Å²) in [6.07, 6.45) is 0. The third-order valence-electron chi connectivity index (χ3n) is 1.51. The Morgan fingerprint density at radius 2 is 2.50 bits per heavy atom. The van der Waals surface area contributed by atoms with Crippen LogP contribution in [0.1, 0.15) is 18.4 Å². The predicted octanol–water partition coefficient (Wildman–Crippen LogP) is 2.57. The van der Waals surface area contributed by atoms with Crippen LogP contribution in [0.4, 0.5) is 0 Å². The zero-order chi connectivity index (χ0) is 7.56. The van der Waals surface area contributed by atoms with Crippen LogP contribution in [-0.2, 0) is 0 Å². The van der Waals surface area contributed by atoms with Gasteiger partial charge in [-0.15, -0.1) is 11.3 Å². The highest BCUT2D eigenvalue weighted by Gasteiger charge is 2.03. The Morgan fingerprint density at radius 1 is 1.80 bits per heavy atom. The van der Waals surface area contributed by atoms with Gasteiger partial charge >= 0.3 is 0 Å². The molecule has 1 nitrogen and oxygen atoms in total. The van der Waals surface area contributed by atoms with E-state index in [9.17, 15) is 0 Å². The second kappa shape index (κ2) is 3.51. The molecule has 0 saturated carbocycles. The van der Waals surface area contributed by atoms with Crippen molar-refractivity contribution in [3.8, 4) is 0 Å². The van der Waals surface area contributed by atoms with E-state index in [0.717, 1.165) is 6.54 Å². The Hall–Kier alpha value is 0.140. The van der Waals surface area contributed by atoms with Crippen molar-refractivity contribution in [3.05, 3.63) is 20.8 Å². The largest absolute Gasteiger partial charge is 0.330 e. The summed E-state index contributed by atoms with van der Waals surface area (Å²) in [6.45, 7) is 2.86. The predicted molar refractivity (Wildman–Crippen MR) is 49.5 cm³/mol. The Morgan fingerprint density at radius 3 is 2.90 bits per heavy atom. The van der Waals surface area contributed by atoms with Crippen LogP contribution in [0.15, 0.2) is 15.2 Å². The molecule has 0 aliphatic carbocycles. The lowest BCUT2D eigenvalue weighted by atomic mass is 10.1. The van der Waals surface area contributed by atoms with Crippen molar-refractivity contribution in [2.75, 3.05) is 6.54 Å². The quantitative estimate of drug-likeness (QED) is 0.814. The first kappa shape index (κ1) is 8.24. The van der Waals surface area contributed by atoms with E-state index in [2.05, 4.69) is 34.3 Å². The van der Waals surface area contributed by atoms with Crippen LogP contribution in [0.2, 0.25) is 0 Å². The molecule has 0 aliphatic heterocycles. The van der Waals surface area contributed by atoms with E-state index < -0.39 is 0 Å². The normalized spacial score (nSPS) is 13.5. The SMILES string of the molecule is CC(CN)c1csc(Br)c1. The van der Waals surface area contributed by atoms with Crippen LogP contribution in [0, 0.1) is 0 Å². The molecule has 0 amide bonds. The molecule has 1 aromatic rings. The molecule has 10 heavy (non-hydrogen) atoms. The molecule has 2 N–H and O–H groups in total. The molecule has 1 aromatic heterocycles. The molecule has 3 heteroatoms. The van der Waals surface area contributed by atoms with Gasteiger partial charge in [-0.05, 0) is 45.4 Å². The third-order valence-corrected chi connectivity index (χ3v) is 3.03. The zero-order valence-electron chi connectivity index (χ0n) is 5.80. The van der Waals surface area contributed by atoms with Gasteiger partial charge in [0.2, 0.25) is 0 Å². The van der Waals surface area contributed by atoms with Crippen LogP contribution in [-0.4, -0.2) is 6.54 Å².